The third kappa shape index (κ3) is 3.13. The number of carbonyl (C=O) groups is 1. The lowest BCUT2D eigenvalue weighted by Crippen LogP contribution is -2.39. The summed E-state index contributed by atoms with van der Waals surface area (Å²) in [6.45, 7) is 4.41. The molecule has 1 fully saturated rings. The molecule has 0 bridgehead atoms. The molecule has 0 aliphatic carbocycles. The quantitative estimate of drug-likeness (QED) is 0.856. The number of ether oxygens (including phenoxy) is 1. The predicted octanol–water partition coefficient (Wildman–Crippen LogP) is 2.95. The lowest BCUT2D eigenvalue weighted by molar-refractivity contribution is -0.135. The van der Waals surface area contributed by atoms with Gasteiger partial charge < -0.3 is 9.64 Å². The van der Waals surface area contributed by atoms with E-state index >= 15 is 0 Å². The number of fused-ring (bicyclic) bond motifs is 1. The number of hydrogen-bond donors (Lipinski definition) is 0. The molecule has 4 heterocycles. The average molecular weight is 345 g/mol. The number of aryl methyl sites for hydroxylation is 1. The summed E-state index contributed by atoms with van der Waals surface area (Å²) in [6.07, 6.45) is 7.41. The maximum atomic E-state index is 12.9. The zero-order valence-corrected chi connectivity index (χ0v) is 14.8. The molecule has 0 aromatic carbocycles. The number of likely N-dealkylation sites (tertiary alicyclic amines) is 1. The van der Waals surface area contributed by atoms with Crippen molar-refractivity contribution in [3.8, 4) is 0 Å². The summed E-state index contributed by atoms with van der Waals surface area (Å²) in [5.41, 5.74) is 2.38. The zero-order valence-electron chi connectivity index (χ0n) is 14.0. The van der Waals surface area contributed by atoms with Crippen molar-refractivity contribution in [2.75, 3.05) is 13.2 Å². The largest absolute Gasteiger partial charge is 0.373 e. The summed E-state index contributed by atoms with van der Waals surface area (Å²) in [7, 11) is 0. The van der Waals surface area contributed by atoms with Crippen LogP contribution in [0.1, 0.15) is 41.4 Å². The molecule has 0 saturated carbocycles. The molecule has 2 aromatic rings. The van der Waals surface area contributed by atoms with Gasteiger partial charge in [-0.15, -0.1) is 11.3 Å². The Labute approximate surface area is 146 Å². The molecule has 0 radical (unpaired) electrons. The number of carbonyl (C=O) groups excluding carboxylic acids is 1. The maximum Gasteiger partial charge on any atom is 0.225 e. The van der Waals surface area contributed by atoms with Crippen LogP contribution in [-0.2, 0) is 22.5 Å². The summed E-state index contributed by atoms with van der Waals surface area (Å²) in [5.74, 6) is 0.213. The Morgan fingerprint density at radius 1 is 1.50 bits per heavy atom. The Hall–Kier alpha value is -1.66. The second-order valence-corrected chi connectivity index (χ2v) is 7.74. The van der Waals surface area contributed by atoms with E-state index in [9.17, 15) is 4.79 Å². The molecule has 1 saturated heterocycles. The van der Waals surface area contributed by atoms with Crippen LogP contribution in [0.3, 0.4) is 0 Å². The van der Waals surface area contributed by atoms with Gasteiger partial charge in [-0.05, 0) is 42.3 Å². The van der Waals surface area contributed by atoms with Crippen molar-refractivity contribution < 1.29 is 9.53 Å². The molecule has 2 aromatic heterocycles. The molecule has 6 heteroatoms. The Morgan fingerprint density at radius 2 is 2.42 bits per heavy atom. The Balaban J connectivity index is 1.42. The van der Waals surface area contributed by atoms with Crippen molar-refractivity contribution in [3.63, 3.8) is 0 Å². The smallest absolute Gasteiger partial charge is 0.225 e. The Morgan fingerprint density at radius 3 is 3.25 bits per heavy atom. The second kappa shape index (κ2) is 6.69. The highest BCUT2D eigenvalue weighted by atomic mass is 32.1. The SMILES string of the molecule is Cc1cnn(CC2CCCN2C(=O)CC2OCCc3sccc32)c1. The summed E-state index contributed by atoms with van der Waals surface area (Å²) < 4.78 is 7.85. The number of amides is 1. The molecule has 1 amide bonds. The normalized spacial score (nSPS) is 23.5. The molecule has 128 valence electrons. The maximum absolute atomic E-state index is 12.9. The summed E-state index contributed by atoms with van der Waals surface area (Å²) >= 11 is 1.78. The van der Waals surface area contributed by atoms with E-state index in [0.29, 0.717) is 6.42 Å². The third-order valence-corrected chi connectivity index (χ3v) is 5.99. The van der Waals surface area contributed by atoms with Gasteiger partial charge >= 0.3 is 0 Å². The van der Waals surface area contributed by atoms with Crippen LogP contribution in [0.2, 0.25) is 0 Å². The van der Waals surface area contributed by atoms with Gasteiger partial charge in [-0.1, -0.05) is 0 Å². The van der Waals surface area contributed by atoms with Gasteiger partial charge in [0.1, 0.15) is 0 Å². The minimum atomic E-state index is -0.0688. The first kappa shape index (κ1) is 15.8. The van der Waals surface area contributed by atoms with Crippen LogP contribution >= 0.6 is 11.3 Å². The van der Waals surface area contributed by atoms with Gasteiger partial charge in [0.2, 0.25) is 5.91 Å². The molecule has 2 atom stereocenters. The van der Waals surface area contributed by atoms with Crippen molar-refractivity contribution in [3.05, 3.63) is 39.8 Å². The average Bonchev–Trinajstić information content (AvgIpc) is 3.29. The Kier molecular flexibility index (Phi) is 4.41. The van der Waals surface area contributed by atoms with Crippen LogP contribution in [-0.4, -0.2) is 39.8 Å². The highest BCUT2D eigenvalue weighted by molar-refractivity contribution is 7.10. The standard InChI is InChI=1S/C18H23N3O2S/c1-13-10-19-20(11-13)12-14-3-2-6-21(14)18(22)9-16-15-5-8-24-17(15)4-7-23-16/h5,8,10-11,14,16H,2-4,6-7,9,12H2,1H3. The van der Waals surface area contributed by atoms with Gasteiger partial charge in [-0.3, -0.25) is 9.48 Å². The predicted molar refractivity (Wildman–Crippen MR) is 93.0 cm³/mol. The van der Waals surface area contributed by atoms with E-state index in [0.717, 1.165) is 44.5 Å². The molecule has 5 nitrogen and oxygen atoms in total. The van der Waals surface area contributed by atoms with Crippen molar-refractivity contribution in [1.82, 2.24) is 14.7 Å². The molecule has 2 unspecified atom stereocenters. The first-order chi connectivity index (χ1) is 11.7. The number of rotatable bonds is 4. The fraction of sp³-hybridized carbons (Fsp3) is 0.556. The lowest BCUT2D eigenvalue weighted by atomic mass is 10.0. The topological polar surface area (TPSA) is 47.4 Å². The third-order valence-electron chi connectivity index (χ3n) is 4.99. The molecule has 24 heavy (non-hydrogen) atoms. The summed E-state index contributed by atoms with van der Waals surface area (Å²) in [6, 6.07) is 2.37. The van der Waals surface area contributed by atoms with Crippen LogP contribution in [0.15, 0.2) is 23.8 Å². The van der Waals surface area contributed by atoms with E-state index in [2.05, 4.69) is 16.5 Å². The molecular weight excluding hydrogens is 322 g/mol. The van der Waals surface area contributed by atoms with E-state index < -0.39 is 0 Å². The molecule has 2 aliphatic rings. The van der Waals surface area contributed by atoms with Crippen LogP contribution < -0.4 is 0 Å². The molecular formula is C18H23N3O2S. The van der Waals surface area contributed by atoms with E-state index in [-0.39, 0.29) is 18.1 Å². The van der Waals surface area contributed by atoms with Gasteiger partial charge in [-0.2, -0.15) is 5.10 Å². The van der Waals surface area contributed by atoms with Crippen molar-refractivity contribution in [2.45, 2.75) is 51.3 Å². The highest BCUT2D eigenvalue weighted by Crippen LogP contribution is 2.34. The second-order valence-electron chi connectivity index (χ2n) is 6.74. The van der Waals surface area contributed by atoms with E-state index in [1.165, 1.54) is 10.4 Å². The first-order valence-electron chi connectivity index (χ1n) is 8.67. The van der Waals surface area contributed by atoms with Crippen LogP contribution in [0.4, 0.5) is 0 Å². The van der Waals surface area contributed by atoms with E-state index in [1.807, 2.05) is 28.9 Å². The summed E-state index contributed by atoms with van der Waals surface area (Å²) in [5, 5.41) is 6.47. The minimum absolute atomic E-state index is 0.0688. The van der Waals surface area contributed by atoms with Gasteiger partial charge in [0.25, 0.3) is 0 Å². The van der Waals surface area contributed by atoms with Crippen molar-refractivity contribution in [2.24, 2.45) is 0 Å². The fourth-order valence-electron chi connectivity index (χ4n) is 3.81. The molecule has 2 aliphatic heterocycles. The monoisotopic (exact) mass is 345 g/mol. The minimum Gasteiger partial charge on any atom is -0.373 e. The molecule has 0 spiro atoms. The highest BCUT2D eigenvalue weighted by Gasteiger charge is 2.32. The van der Waals surface area contributed by atoms with Crippen molar-refractivity contribution in [1.29, 1.82) is 0 Å². The van der Waals surface area contributed by atoms with Crippen LogP contribution in [0.25, 0.3) is 0 Å². The number of nitrogens with zero attached hydrogens (tertiary/aromatic N) is 3. The van der Waals surface area contributed by atoms with E-state index in [1.54, 1.807) is 11.3 Å². The number of hydrogen-bond acceptors (Lipinski definition) is 4. The van der Waals surface area contributed by atoms with Gasteiger partial charge in [0.05, 0.1) is 37.9 Å². The zero-order chi connectivity index (χ0) is 16.5. The fourth-order valence-corrected chi connectivity index (χ4v) is 4.72. The number of aromatic nitrogens is 2. The van der Waals surface area contributed by atoms with Crippen LogP contribution in [0.5, 0.6) is 0 Å². The van der Waals surface area contributed by atoms with Crippen molar-refractivity contribution >= 4 is 17.2 Å². The number of thiophene rings is 1. The van der Waals surface area contributed by atoms with Crippen LogP contribution in [0, 0.1) is 6.92 Å². The molecule has 0 N–H and O–H groups in total. The Bertz CT molecular complexity index is 723. The first-order valence-corrected chi connectivity index (χ1v) is 9.55. The molecule has 4 rings (SSSR count). The van der Waals surface area contributed by atoms with Gasteiger partial charge in [0, 0.05) is 24.0 Å². The van der Waals surface area contributed by atoms with Gasteiger partial charge in [0.15, 0.2) is 0 Å². The lowest BCUT2D eigenvalue weighted by Gasteiger charge is -2.28. The van der Waals surface area contributed by atoms with E-state index in [4.69, 9.17) is 4.74 Å². The summed E-state index contributed by atoms with van der Waals surface area (Å²) in [4.78, 5) is 16.3. The van der Waals surface area contributed by atoms with Gasteiger partial charge in [-0.25, -0.2) is 0 Å².